The molecule has 0 fully saturated rings. The number of aromatic nitrogens is 4. The van der Waals surface area contributed by atoms with E-state index in [2.05, 4.69) is 107 Å². The van der Waals surface area contributed by atoms with Crippen LogP contribution in [-0.2, 0) is 0 Å². The monoisotopic (exact) mass is 365 g/mol. The summed E-state index contributed by atoms with van der Waals surface area (Å²) in [5.74, 6) is 0.648. The average molecular weight is 365 g/mol. The van der Waals surface area contributed by atoms with Crippen molar-refractivity contribution < 1.29 is 0 Å². The molecule has 1 aliphatic heterocycles. The number of benzene rings is 3. The minimum absolute atomic E-state index is 0.0457. The highest BCUT2D eigenvalue weighted by Crippen LogP contribution is 2.32. The first kappa shape index (κ1) is 16.4. The molecule has 0 aliphatic carbocycles. The number of tetrazole rings is 1. The summed E-state index contributed by atoms with van der Waals surface area (Å²) < 4.78 is 1.81. The van der Waals surface area contributed by atoms with Crippen LogP contribution in [0.2, 0.25) is 0 Å². The van der Waals surface area contributed by atoms with Crippen LogP contribution in [0.1, 0.15) is 22.7 Å². The number of hydrogen-bond acceptors (Lipinski definition) is 4. The van der Waals surface area contributed by atoms with Crippen molar-refractivity contribution in [3.63, 3.8) is 0 Å². The van der Waals surface area contributed by atoms with Gasteiger partial charge in [-0.15, -0.1) is 0 Å². The van der Waals surface area contributed by atoms with Crippen molar-refractivity contribution in [2.75, 3.05) is 5.32 Å². The fourth-order valence-corrected chi connectivity index (χ4v) is 3.50. The summed E-state index contributed by atoms with van der Waals surface area (Å²) in [5.41, 5.74) is 6.90. The molecular weight excluding hydrogens is 346 g/mol. The summed E-state index contributed by atoms with van der Waals surface area (Å²) in [6.07, 6.45) is 2.17. The van der Waals surface area contributed by atoms with Gasteiger partial charge in [-0.1, -0.05) is 89.5 Å². The summed E-state index contributed by atoms with van der Waals surface area (Å²) in [4.78, 5) is 0. The molecule has 0 saturated carbocycles. The van der Waals surface area contributed by atoms with Crippen LogP contribution < -0.4 is 5.32 Å². The molecule has 28 heavy (non-hydrogen) atoms. The van der Waals surface area contributed by atoms with Gasteiger partial charge in [0.2, 0.25) is 5.95 Å². The number of fused-ring (bicyclic) bond motifs is 1. The number of anilines is 1. The van der Waals surface area contributed by atoms with E-state index in [1.54, 1.807) is 0 Å². The van der Waals surface area contributed by atoms with E-state index in [1.165, 1.54) is 16.7 Å². The van der Waals surface area contributed by atoms with Crippen LogP contribution in [0.5, 0.6) is 0 Å². The molecule has 0 amide bonds. The largest absolute Gasteiger partial charge is 0.323 e. The van der Waals surface area contributed by atoms with Crippen LogP contribution >= 0.6 is 0 Å². The van der Waals surface area contributed by atoms with Gasteiger partial charge in [-0.2, -0.15) is 4.68 Å². The standard InChI is InChI=1S/C23H19N5/c1-16-7-9-20(10-8-16)22-15-21(24-23-25-26-27-28(22)23)19-13-11-18(12-14-19)17-5-3-2-4-6-17/h2-15,22H,1H3,(H,24,25,27). The molecule has 1 aliphatic rings. The van der Waals surface area contributed by atoms with Gasteiger partial charge in [0.25, 0.3) is 0 Å². The molecule has 3 aromatic carbocycles. The van der Waals surface area contributed by atoms with E-state index in [9.17, 15) is 0 Å². The lowest BCUT2D eigenvalue weighted by molar-refractivity contribution is 0.586. The van der Waals surface area contributed by atoms with Crippen molar-refractivity contribution in [1.29, 1.82) is 0 Å². The molecule has 0 saturated heterocycles. The molecule has 5 heteroatoms. The highest BCUT2D eigenvalue weighted by atomic mass is 15.6. The molecule has 4 aromatic rings. The van der Waals surface area contributed by atoms with Crippen molar-refractivity contribution in [3.8, 4) is 11.1 Å². The second-order valence-electron chi connectivity index (χ2n) is 6.95. The van der Waals surface area contributed by atoms with Crippen molar-refractivity contribution in [1.82, 2.24) is 20.2 Å². The zero-order valence-electron chi connectivity index (χ0n) is 15.4. The lowest BCUT2D eigenvalue weighted by Gasteiger charge is -2.23. The number of nitrogens with one attached hydrogen (secondary N) is 1. The molecule has 1 N–H and O–H groups in total. The van der Waals surface area contributed by atoms with Crippen molar-refractivity contribution in [3.05, 3.63) is 102 Å². The van der Waals surface area contributed by atoms with Crippen molar-refractivity contribution in [2.45, 2.75) is 13.0 Å². The first-order valence-corrected chi connectivity index (χ1v) is 9.27. The Balaban J connectivity index is 1.52. The quantitative estimate of drug-likeness (QED) is 0.571. The van der Waals surface area contributed by atoms with Gasteiger partial charge in [-0.25, -0.2) is 0 Å². The molecule has 2 heterocycles. The van der Waals surface area contributed by atoms with E-state index in [0.717, 1.165) is 16.8 Å². The van der Waals surface area contributed by atoms with Crippen LogP contribution in [0, 0.1) is 6.92 Å². The van der Waals surface area contributed by atoms with Gasteiger partial charge in [-0.05, 0) is 45.7 Å². The number of aryl methyl sites for hydroxylation is 1. The van der Waals surface area contributed by atoms with Crippen molar-refractivity contribution >= 4 is 11.6 Å². The van der Waals surface area contributed by atoms with Crippen LogP contribution in [0.3, 0.4) is 0 Å². The van der Waals surface area contributed by atoms with Crippen LogP contribution in [-0.4, -0.2) is 20.2 Å². The predicted molar refractivity (Wildman–Crippen MR) is 111 cm³/mol. The lowest BCUT2D eigenvalue weighted by atomic mass is 9.99. The Morgan fingerprint density at radius 1 is 0.786 bits per heavy atom. The van der Waals surface area contributed by atoms with Crippen molar-refractivity contribution in [2.24, 2.45) is 0 Å². The van der Waals surface area contributed by atoms with Gasteiger partial charge >= 0.3 is 0 Å². The molecule has 5 nitrogen and oxygen atoms in total. The van der Waals surface area contributed by atoms with Gasteiger partial charge in [0.05, 0.1) is 0 Å². The van der Waals surface area contributed by atoms with Crippen LogP contribution in [0.25, 0.3) is 16.8 Å². The van der Waals surface area contributed by atoms with Gasteiger partial charge in [0.1, 0.15) is 6.04 Å². The molecule has 0 radical (unpaired) electrons. The van der Waals surface area contributed by atoms with Crippen LogP contribution in [0.15, 0.2) is 84.9 Å². The van der Waals surface area contributed by atoms with E-state index < -0.39 is 0 Å². The van der Waals surface area contributed by atoms with E-state index in [1.807, 2.05) is 10.7 Å². The van der Waals surface area contributed by atoms with E-state index >= 15 is 0 Å². The Bertz CT molecular complexity index is 1130. The van der Waals surface area contributed by atoms with Gasteiger partial charge in [-0.3, -0.25) is 0 Å². The maximum absolute atomic E-state index is 4.17. The van der Waals surface area contributed by atoms with Gasteiger partial charge < -0.3 is 5.32 Å². The Morgan fingerprint density at radius 3 is 2.21 bits per heavy atom. The zero-order chi connectivity index (χ0) is 18.9. The molecule has 0 spiro atoms. The van der Waals surface area contributed by atoms with Gasteiger partial charge in [0, 0.05) is 5.70 Å². The maximum Gasteiger partial charge on any atom is 0.248 e. The molecule has 1 aromatic heterocycles. The fraction of sp³-hybridized carbons (Fsp3) is 0.0870. The zero-order valence-corrected chi connectivity index (χ0v) is 15.4. The summed E-state index contributed by atoms with van der Waals surface area (Å²) in [7, 11) is 0. The Morgan fingerprint density at radius 2 is 1.46 bits per heavy atom. The van der Waals surface area contributed by atoms with Gasteiger partial charge in [0.15, 0.2) is 0 Å². The molecule has 5 rings (SSSR count). The first-order chi connectivity index (χ1) is 13.8. The predicted octanol–water partition coefficient (Wildman–Crippen LogP) is 4.70. The number of nitrogens with zero attached hydrogens (tertiary/aromatic N) is 4. The molecule has 136 valence electrons. The molecular formula is C23H19N5. The fourth-order valence-electron chi connectivity index (χ4n) is 3.50. The first-order valence-electron chi connectivity index (χ1n) is 9.27. The van der Waals surface area contributed by atoms with E-state index in [-0.39, 0.29) is 6.04 Å². The van der Waals surface area contributed by atoms with E-state index in [0.29, 0.717) is 5.95 Å². The second-order valence-corrected chi connectivity index (χ2v) is 6.95. The van der Waals surface area contributed by atoms with Crippen LogP contribution in [0.4, 0.5) is 5.95 Å². The second kappa shape index (κ2) is 6.78. The summed E-state index contributed by atoms with van der Waals surface area (Å²) in [6, 6.07) is 27.4. The third-order valence-electron chi connectivity index (χ3n) is 5.05. The SMILES string of the molecule is Cc1ccc(C2C=C(c3ccc(-c4ccccc4)cc3)Nc3nnnn32)cc1. The normalized spacial score (nSPS) is 15.5. The summed E-state index contributed by atoms with van der Waals surface area (Å²) >= 11 is 0. The smallest absolute Gasteiger partial charge is 0.248 e. The minimum atomic E-state index is -0.0457. The Kier molecular flexibility index (Phi) is 3.98. The Hall–Kier alpha value is -3.73. The number of rotatable bonds is 3. The average Bonchev–Trinajstić information content (AvgIpc) is 3.23. The minimum Gasteiger partial charge on any atom is -0.323 e. The highest BCUT2D eigenvalue weighted by Gasteiger charge is 2.24. The summed E-state index contributed by atoms with van der Waals surface area (Å²) in [5, 5.41) is 15.5. The molecule has 1 atom stereocenters. The lowest BCUT2D eigenvalue weighted by Crippen LogP contribution is -2.20. The maximum atomic E-state index is 4.17. The van der Waals surface area contributed by atoms with E-state index in [4.69, 9.17) is 0 Å². The number of allylic oxidation sites excluding steroid dienone is 1. The summed E-state index contributed by atoms with van der Waals surface area (Å²) in [6.45, 7) is 2.09. The highest BCUT2D eigenvalue weighted by molar-refractivity contribution is 5.78. The third kappa shape index (κ3) is 2.97. The number of hydrogen-bond donors (Lipinski definition) is 1. The molecule has 1 unspecified atom stereocenters. The Labute approximate surface area is 163 Å². The third-order valence-corrected chi connectivity index (χ3v) is 5.05. The molecule has 0 bridgehead atoms. The topological polar surface area (TPSA) is 55.6 Å².